The van der Waals surface area contributed by atoms with Gasteiger partial charge in [0.05, 0.1) is 7.11 Å². The van der Waals surface area contributed by atoms with E-state index in [1.807, 2.05) is 18.2 Å². The first-order chi connectivity index (χ1) is 8.54. The van der Waals surface area contributed by atoms with Crippen LogP contribution in [-0.4, -0.2) is 19.4 Å². The van der Waals surface area contributed by atoms with Gasteiger partial charge in [-0.3, -0.25) is 4.79 Å². The van der Waals surface area contributed by atoms with Crippen LogP contribution in [0.4, 0.5) is 0 Å². The van der Waals surface area contributed by atoms with E-state index < -0.39 is 0 Å². The quantitative estimate of drug-likeness (QED) is 0.814. The standard InChI is InChI=1S/C15H21NO2/c1-10(2)12-8-11(4-5-13(12)18-3)14(17)15(9-16)6-7-15/h4-5,8,10H,6-7,9,16H2,1-3H3. The number of rotatable bonds is 5. The second-order valence-corrected chi connectivity index (χ2v) is 5.43. The molecular formula is C15H21NO2. The van der Waals surface area contributed by atoms with E-state index in [1.165, 1.54) is 0 Å². The first-order valence-corrected chi connectivity index (χ1v) is 6.47. The van der Waals surface area contributed by atoms with Gasteiger partial charge in [-0.1, -0.05) is 13.8 Å². The fourth-order valence-corrected chi connectivity index (χ4v) is 2.31. The molecule has 0 atom stereocenters. The van der Waals surface area contributed by atoms with Gasteiger partial charge in [-0.2, -0.15) is 0 Å². The lowest BCUT2D eigenvalue weighted by molar-refractivity contribution is 0.0905. The third-order valence-electron chi connectivity index (χ3n) is 3.84. The Kier molecular flexibility index (Phi) is 3.44. The molecule has 0 spiro atoms. The van der Waals surface area contributed by atoms with Crippen molar-refractivity contribution in [3.05, 3.63) is 29.3 Å². The number of nitrogens with two attached hydrogens (primary N) is 1. The van der Waals surface area contributed by atoms with Crippen molar-refractivity contribution in [2.24, 2.45) is 11.1 Å². The molecule has 0 aromatic heterocycles. The molecule has 0 unspecified atom stereocenters. The normalized spacial score (nSPS) is 16.7. The van der Waals surface area contributed by atoms with Crippen LogP contribution in [0.15, 0.2) is 18.2 Å². The number of ether oxygens (including phenoxy) is 1. The van der Waals surface area contributed by atoms with Crippen molar-refractivity contribution >= 4 is 5.78 Å². The maximum Gasteiger partial charge on any atom is 0.170 e. The van der Waals surface area contributed by atoms with Gasteiger partial charge in [0.1, 0.15) is 5.75 Å². The molecule has 1 saturated carbocycles. The van der Waals surface area contributed by atoms with Crippen LogP contribution < -0.4 is 10.5 Å². The van der Waals surface area contributed by atoms with Gasteiger partial charge in [-0.25, -0.2) is 0 Å². The second-order valence-electron chi connectivity index (χ2n) is 5.43. The largest absolute Gasteiger partial charge is 0.496 e. The monoisotopic (exact) mass is 247 g/mol. The van der Waals surface area contributed by atoms with Crippen LogP contribution in [0.5, 0.6) is 5.75 Å². The van der Waals surface area contributed by atoms with Gasteiger partial charge in [-0.15, -0.1) is 0 Å². The van der Waals surface area contributed by atoms with Crippen LogP contribution in [0, 0.1) is 5.41 Å². The number of hydrogen-bond donors (Lipinski definition) is 1. The van der Waals surface area contributed by atoms with Crippen molar-refractivity contribution in [3.63, 3.8) is 0 Å². The lowest BCUT2D eigenvalue weighted by Gasteiger charge is -2.16. The minimum Gasteiger partial charge on any atom is -0.496 e. The Morgan fingerprint density at radius 3 is 2.56 bits per heavy atom. The van der Waals surface area contributed by atoms with Gasteiger partial charge in [0.25, 0.3) is 0 Å². The molecule has 1 aromatic carbocycles. The number of methoxy groups -OCH3 is 1. The van der Waals surface area contributed by atoms with Crippen molar-refractivity contribution in [2.75, 3.05) is 13.7 Å². The average molecular weight is 247 g/mol. The zero-order chi connectivity index (χ0) is 13.3. The SMILES string of the molecule is COc1ccc(C(=O)C2(CN)CC2)cc1C(C)C. The molecule has 98 valence electrons. The number of Topliss-reactive ketones (excluding diaryl/α,β-unsaturated/α-hetero) is 1. The fraction of sp³-hybridized carbons (Fsp3) is 0.533. The molecule has 3 nitrogen and oxygen atoms in total. The molecule has 0 saturated heterocycles. The van der Waals surface area contributed by atoms with Crippen LogP contribution in [0.1, 0.15) is 48.5 Å². The highest BCUT2D eigenvalue weighted by Crippen LogP contribution is 2.47. The number of ketones is 1. The number of benzene rings is 1. The third-order valence-corrected chi connectivity index (χ3v) is 3.84. The molecule has 1 aliphatic carbocycles. The Labute approximate surface area is 108 Å². The van der Waals surface area contributed by atoms with Gasteiger partial charge >= 0.3 is 0 Å². The predicted molar refractivity (Wildman–Crippen MR) is 72.1 cm³/mol. The summed E-state index contributed by atoms with van der Waals surface area (Å²) in [5.41, 5.74) is 7.29. The van der Waals surface area contributed by atoms with Crippen molar-refractivity contribution in [1.29, 1.82) is 0 Å². The van der Waals surface area contributed by atoms with E-state index in [0.29, 0.717) is 12.5 Å². The highest BCUT2D eigenvalue weighted by molar-refractivity contribution is 6.02. The maximum absolute atomic E-state index is 12.4. The van der Waals surface area contributed by atoms with E-state index in [1.54, 1.807) is 7.11 Å². The fourth-order valence-electron chi connectivity index (χ4n) is 2.31. The first kappa shape index (κ1) is 13.1. The summed E-state index contributed by atoms with van der Waals surface area (Å²) in [5.74, 6) is 1.37. The summed E-state index contributed by atoms with van der Waals surface area (Å²) in [6.45, 7) is 4.65. The molecule has 1 aliphatic rings. The molecule has 1 aromatic rings. The molecule has 0 radical (unpaired) electrons. The summed E-state index contributed by atoms with van der Waals surface area (Å²) in [6, 6.07) is 5.69. The van der Waals surface area contributed by atoms with E-state index in [2.05, 4.69) is 13.8 Å². The van der Waals surface area contributed by atoms with Gasteiger partial charge in [0.2, 0.25) is 0 Å². The Balaban J connectivity index is 2.35. The Morgan fingerprint density at radius 2 is 2.11 bits per heavy atom. The zero-order valence-electron chi connectivity index (χ0n) is 11.3. The van der Waals surface area contributed by atoms with E-state index >= 15 is 0 Å². The Hall–Kier alpha value is -1.35. The lowest BCUT2D eigenvalue weighted by Crippen LogP contribution is -2.25. The smallest absolute Gasteiger partial charge is 0.170 e. The summed E-state index contributed by atoms with van der Waals surface area (Å²) >= 11 is 0. The van der Waals surface area contributed by atoms with Crippen LogP contribution in [-0.2, 0) is 0 Å². The molecule has 2 N–H and O–H groups in total. The van der Waals surface area contributed by atoms with Crippen molar-refractivity contribution < 1.29 is 9.53 Å². The van der Waals surface area contributed by atoms with E-state index in [-0.39, 0.29) is 11.2 Å². The van der Waals surface area contributed by atoms with Gasteiger partial charge < -0.3 is 10.5 Å². The summed E-state index contributed by atoms with van der Waals surface area (Å²) < 4.78 is 5.33. The molecule has 1 fully saturated rings. The van der Waals surface area contributed by atoms with Gasteiger partial charge in [0, 0.05) is 17.5 Å². The molecular weight excluding hydrogens is 226 g/mol. The van der Waals surface area contributed by atoms with Crippen LogP contribution in [0.25, 0.3) is 0 Å². The summed E-state index contributed by atoms with van der Waals surface area (Å²) in [5, 5.41) is 0. The predicted octanol–water partition coefficient (Wildman–Crippen LogP) is 2.74. The van der Waals surface area contributed by atoms with E-state index in [0.717, 1.165) is 29.7 Å². The number of hydrogen-bond acceptors (Lipinski definition) is 3. The van der Waals surface area contributed by atoms with Crippen molar-refractivity contribution in [2.45, 2.75) is 32.6 Å². The molecule has 2 rings (SSSR count). The Bertz CT molecular complexity index is 462. The summed E-state index contributed by atoms with van der Waals surface area (Å²) in [7, 11) is 1.66. The third kappa shape index (κ3) is 2.15. The van der Waals surface area contributed by atoms with Crippen LogP contribution in [0.2, 0.25) is 0 Å². The maximum atomic E-state index is 12.4. The highest BCUT2D eigenvalue weighted by atomic mass is 16.5. The molecule has 0 aliphatic heterocycles. The summed E-state index contributed by atoms with van der Waals surface area (Å²) in [4.78, 5) is 12.4. The minimum atomic E-state index is -0.275. The molecule has 0 amide bonds. The van der Waals surface area contributed by atoms with Gasteiger partial charge in [0.15, 0.2) is 5.78 Å². The minimum absolute atomic E-state index is 0.189. The average Bonchev–Trinajstić information content (AvgIpc) is 3.18. The van der Waals surface area contributed by atoms with Crippen LogP contribution >= 0.6 is 0 Å². The molecule has 18 heavy (non-hydrogen) atoms. The number of carbonyl (C=O) groups excluding carboxylic acids is 1. The summed E-state index contributed by atoms with van der Waals surface area (Å²) in [6.07, 6.45) is 1.84. The van der Waals surface area contributed by atoms with Gasteiger partial charge in [-0.05, 0) is 42.5 Å². The van der Waals surface area contributed by atoms with E-state index in [4.69, 9.17) is 10.5 Å². The van der Waals surface area contributed by atoms with Crippen LogP contribution in [0.3, 0.4) is 0 Å². The second kappa shape index (κ2) is 4.73. The Morgan fingerprint density at radius 1 is 1.44 bits per heavy atom. The van der Waals surface area contributed by atoms with Crippen molar-refractivity contribution in [1.82, 2.24) is 0 Å². The van der Waals surface area contributed by atoms with E-state index in [9.17, 15) is 4.79 Å². The lowest BCUT2D eigenvalue weighted by atomic mass is 9.91. The molecule has 0 bridgehead atoms. The first-order valence-electron chi connectivity index (χ1n) is 6.47. The molecule has 3 heteroatoms. The topological polar surface area (TPSA) is 52.3 Å². The number of carbonyl (C=O) groups is 1. The molecule has 0 heterocycles. The zero-order valence-corrected chi connectivity index (χ0v) is 11.3. The highest BCUT2D eigenvalue weighted by Gasteiger charge is 2.48. The van der Waals surface area contributed by atoms with Crippen molar-refractivity contribution in [3.8, 4) is 5.75 Å².